The summed E-state index contributed by atoms with van der Waals surface area (Å²) in [5, 5.41) is 12.0. The Labute approximate surface area is 209 Å². The largest absolute Gasteiger partial charge is 0.460 e. The third kappa shape index (κ3) is 4.06. The number of aliphatic hydroxyl groups is 1. The van der Waals surface area contributed by atoms with Gasteiger partial charge in [0.15, 0.2) is 0 Å². The summed E-state index contributed by atoms with van der Waals surface area (Å²) in [5.41, 5.74) is -7.07. The van der Waals surface area contributed by atoms with Crippen molar-refractivity contribution < 1.29 is 84.5 Å². The fourth-order valence-electron chi connectivity index (χ4n) is 3.20. The zero-order valence-electron chi connectivity index (χ0n) is 18.6. The van der Waals surface area contributed by atoms with Crippen LogP contribution in [-0.2, 0) is 0 Å². The van der Waals surface area contributed by atoms with Crippen molar-refractivity contribution in [1.29, 1.82) is 0 Å². The van der Waals surface area contributed by atoms with Gasteiger partial charge in [0.2, 0.25) is 5.72 Å². The van der Waals surface area contributed by atoms with Gasteiger partial charge in [-0.2, -0.15) is 84.7 Å². The summed E-state index contributed by atoms with van der Waals surface area (Å²) < 4.78 is 231. The van der Waals surface area contributed by atoms with E-state index in [0.717, 1.165) is 12.3 Å². The Balaban J connectivity index is 2.70. The Morgan fingerprint density at radius 2 is 1.20 bits per heavy atom. The number of hydrogen-bond acceptors (Lipinski definition) is 4. The molecule has 22 heteroatoms. The lowest BCUT2D eigenvalue weighted by atomic mass is 9.84. The molecule has 1 aliphatic heterocycles. The second-order valence-corrected chi connectivity index (χ2v) is 8.21. The van der Waals surface area contributed by atoms with Crippen molar-refractivity contribution in [3.63, 3.8) is 0 Å². The molecule has 40 heavy (non-hydrogen) atoms. The van der Waals surface area contributed by atoms with Crippen LogP contribution in [-0.4, -0.2) is 80.1 Å². The summed E-state index contributed by atoms with van der Waals surface area (Å²) in [7, 11) is 0. The summed E-state index contributed by atoms with van der Waals surface area (Å²) >= 11 is 0. The van der Waals surface area contributed by atoms with E-state index in [1.54, 1.807) is 0 Å². The third-order valence-corrected chi connectivity index (χ3v) is 5.45. The molecule has 228 valence electrons. The molecule has 1 aliphatic rings. The first-order valence-electron chi connectivity index (χ1n) is 9.73. The molecule has 0 unspecified atom stereocenters. The molecular formula is C18H10F17N3O2. The highest BCUT2D eigenvalue weighted by Crippen LogP contribution is 2.65. The first-order valence-corrected chi connectivity index (χ1v) is 9.73. The standard InChI is InChI=1S/C18H10F17N3O2/c1-7-5-10(40,38(37-7)9(39)8-3-2-4-36-6-8)11(19,20)12(21,22)13(23,24)14(25,26)15(27,28)16(29,30)17(31,32)18(33,34)35/h2-4,6,40H,5H2,1H3/t10-/m0/s1. The van der Waals surface area contributed by atoms with Gasteiger partial charge in [-0.15, -0.1) is 0 Å². The molecule has 1 atom stereocenters. The van der Waals surface area contributed by atoms with Crippen LogP contribution in [0.2, 0.25) is 0 Å². The molecule has 2 rings (SSSR count). The molecule has 0 saturated heterocycles. The van der Waals surface area contributed by atoms with Crippen LogP contribution in [0.5, 0.6) is 0 Å². The molecule has 0 radical (unpaired) electrons. The molecule has 5 nitrogen and oxygen atoms in total. The van der Waals surface area contributed by atoms with Gasteiger partial charge in [0.1, 0.15) is 0 Å². The highest BCUT2D eigenvalue weighted by molar-refractivity contribution is 5.97. The van der Waals surface area contributed by atoms with Crippen LogP contribution < -0.4 is 0 Å². The van der Waals surface area contributed by atoms with Gasteiger partial charge in [0.05, 0.1) is 5.56 Å². The van der Waals surface area contributed by atoms with E-state index in [4.69, 9.17) is 0 Å². The fraction of sp³-hybridized carbons (Fsp3) is 0.611. The van der Waals surface area contributed by atoms with Crippen molar-refractivity contribution in [2.75, 3.05) is 0 Å². The molecule has 0 fully saturated rings. The number of nitrogens with zero attached hydrogens (tertiary/aromatic N) is 3. The Hall–Kier alpha value is -2.94. The van der Waals surface area contributed by atoms with Gasteiger partial charge in [-0.1, -0.05) is 0 Å². The minimum absolute atomic E-state index is 0.494. The summed E-state index contributed by atoms with van der Waals surface area (Å²) in [6.45, 7) is 0.566. The number of alkyl halides is 17. The molecule has 0 aromatic carbocycles. The van der Waals surface area contributed by atoms with E-state index in [1.165, 1.54) is 0 Å². The average molecular weight is 623 g/mol. The fourth-order valence-corrected chi connectivity index (χ4v) is 3.20. The Morgan fingerprint density at radius 1 is 0.775 bits per heavy atom. The van der Waals surface area contributed by atoms with Crippen LogP contribution in [0, 0.1) is 0 Å². The van der Waals surface area contributed by atoms with Gasteiger partial charge in [0.25, 0.3) is 5.91 Å². The number of carbonyl (C=O) groups is 1. The number of halogens is 17. The number of aromatic nitrogens is 1. The quantitative estimate of drug-likeness (QED) is 0.362. The Kier molecular flexibility index (Phi) is 7.51. The van der Waals surface area contributed by atoms with E-state index in [1.807, 2.05) is 0 Å². The molecule has 0 saturated carbocycles. The molecule has 1 N–H and O–H groups in total. The first kappa shape index (κ1) is 33.3. The van der Waals surface area contributed by atoms with Gasteiger partial charge in [-0.25, -0.2) is 0 Å². The Morgan fingerprint density at radius 3 is 1.60 bits per heavy atom. The molecule has 1 amide bonds. The third-order valence-electron chi connectivity index (χ3n) is 5.45. The number of hydrazone groups is 1. The van der Waals surface area contributed by atoms with Crippen molar-refractivity contribution in [1.82, 2.24) is 9.99 Å². The van der Waals surface area contributed by atoms with Crippen LogP contribution in [0.25, 0.3) is 0 Å². The molecule has 1 aromatic rings. The molecule has 0 spiro atoms. The summed E-state index contributed by atoms with van der Waals surface area (Å²) in [5.74, 6) is -60.8. The number of hydrogen-bond donors (Lipinski definition) is 1. The van der Waals surface area contributed by atoms with Crippen molar-refractivity contribution in [2.24, 2.45) is 5.10 Å². The number of amides is 1. The van der Waals surface area contributed by atoms with Gasteiger partial charge in [-0.3, -0.25) is 9.78 Å². The monoisotopic (exact) mass is 623 g/mol. The smallest absolute Gasteiger partial charge is 0.364 e. The van der Waals surface area contributed by atoms with Gasteiger partial charge in [0, 0.05) is 24.5 Å². The van der Waals surface area contributed by atoms with E-state index < -0.39 is 82.0 Å². The second-order valence-electron chi connectivity index (χ2n) is 8.21. The highest BCUT2D eigenvalue weighted by atomic mass is 19.4. The van der Waals surface area contributed by atoms with E-state index in [9.17, 15) is 84.5 Å². The Bertz CT molecular complexity index is 1170. The maximum Gasteiger partial charge on any atom is 0.460 e. The average Bonchev–Trinajstić information content (AvgIpc) is 3.13. The zero-order chi connectivity index (χ0) is 31.8. The van der Waals surface area contributed by atoms with Crippen molar-refractivity contribution >= 4 is 11.6 Å². The lowest BCUT2D eigenvalue weighted by molar-refractivity contribution is -0.469. The molecule has 1 aromatic heterocycles. The van der Waals surface area contributed by atoms with E-state index in [-0.39, 0.29) is 0 Å². The van der Waals surface area contributed by atoms with Crippen molar-refractivity contribution in [2.45, 2.75) is 66.7 Å². The summed E-state index contributed by atoms with van der Waals surface area (Å²) in [6.07, 6.45) is -8.56. The normalized spacial score (nSPS) is 20.6. The molecule has 0 aliphatic carbocycles. The maximum atomic E-state index is 14.9. The SMILES string of the molecule is CC1=NN(C(=O)c2cccnc2)[C@@](O)(C(F)(F)C(F)(F)C(F)(F)C(F)(F)C(F)(F)C(F)(F)C(F)(F)C(F)(F)F)C1. The van der Waals surface area contributed by atoms with E-state index >= 15 is 0 Å². The van der Waals surface area contributed by atoms with E-state index in [0.29, 0.717) is 19.2 Å². The number of pyridine rings is 1. The predicted molar refractivity (Wildman–Crippen MR) is 93.8 cm³/mol. The van der Waals surface area contributed by atoms with Gasteiger partial charge in [-0.05, 0) is 19.1 Å². The van der Waals surface area contributed by atoms with Crippen LogP contribution in [0.4, 0.5) is 74.6 Å². The highest BCUT2D eigenvalue weighted by Gasteiger charge is 2.96. The zero-order valence-corrected chi connectivity index (χ0v) is 18.6. The van der Waals surface area contributed by atoms with Gasteiger partial charge >= 0.3 is 47.6 Å². The van der Waals surface area contributed by atoms with E-state index in [2.05, 4.69) is 10.1 Å². The lowest BCUT2D eigenvalue weighted by Gasteiger charge is -2.46. The first-order chi connectivity index (χ1) is 17.5. The van der Waals surface area contributed by atoms with Crippen LogP contribution in [0.15, 0.2) is 29.6 Å². The summed E-state index contributed by atoms with van der Waals surface area (Å²) in [4.78, 5) is 15.7. The minimum atomic E-state index is -8.83. The minimum Gasteiger partial charge on any atom is -0.364 e. The predicted octanol–water partition coefficient (Wildman–Crippen LogP) is 6.00. The van der Waals surface area contributed by atoms with Crippen LogP contribution in [0.1, 0.15) is 23.7 Å². The molecule has 0 bridgehead atoms. The van der Waals surface area contributed by atoms with Crippen molar-refractivity contribution in [3.8, 4) is 0 Å². The van der Waals surface area contributed by atoms with Crippen LogP contribution in [0.3, 0.4) is 0 Å². The van der Waals surface area contributed by atoms with Crippen molar-refractivity contribution in [3.05, 3.63) is 30.1 Å². The second kappa shape index (κ2) is 9.03. The molecular weight excluding hydrogens is 613 g/mol. The summed E-state index contributed by atoms with van der Waals surface area (Å²) in [6, 6.07) is 1.57. The maximum absolute atomic E-state index is 14.9. The molecule has 2 heterocycles. The number of rotatable bonds is 8. The van der Waals surface area contributed by atoms with Gasteiger partial charge < -0.3 is 5.11 Å². The topological polar surface area (TPSA) is 65.8 Å². The van der Waals surface area contributed by atoms with Crippen LogP contribution >= 0.6 is 0 Å². The number of carbonyl (C=O) groups excluding carboxylic acids is 1. The lowest BCUT2D eigenvalue weighted by Crippen LogP contribution is -2.77.